The molecule has 0 radical (unpaired) electrons. The van der Waals surface area contributed by atoms with E-state index in [9.17, 15) is 9.90 Å². The number of pyridine rings is 1. The number of guanidine groups is 1. The second kappa shape index (κ2) is 11.6. The first-order valence-corrected chi connectivity index (χ1v) is 8.93. The summed E-state index contributed by atoms with van der Waals surface area (Å²) in [6, 6.07) is 8.89. The zero-order valence-corrected chi connectivity index (χ0v) is 18.7. The third-order valence-corrected chi connectivity index (χ3v) is 3.74. The van der Waals surface area contributed by atoms with E-state index in [0.29, 0.717) is 30.6 Å². The topological polar surface area (TPSA) is 112 Å². The summed E-state index contributed by atoms with van der Waals surface area (Å²) >= 11 is 0. The van der Waals surface area contributed by atoms with Crippen LogP contribution in [0.3, 0.4) is 0 Å². The van der Waals surface area contributed by atoms with Crippen LogP contribution < -0.4 is 16.0 Å². The van der Waals surface area contributed by atoms with Gasteiger partial charge >= 0.3 is 0 Å². The summed E-state index contributed by atoms with van der Waals surface area (Å²) < 4.78 is 5.25. The fourth-order valence-corrected chi connectivity index (χ4v) is 2.35. The predicted molar refractivity (Wildman–Crippen MR) is 120 cm³/mol. The molecule has 2 rings (SSSR count). The lowest BCUT2D eigenvalue weighted by Crippen LogP contribution is -2.40. The van der Waals surface area contributed by atoms with Gasteiger partial charge in [0.15, 0.2) is 5.96 Å². The molecule has 9 heteroatoms. The van der Waals surface area contributed by atoms with Gasteiger partial charge in [-0.3, -0.25) is 4.79 Å². The lowest BCUT2D eigenvalue weighted by Gasteiger charge is -2.19. The molecule has 0 spiro atoms. The number of furan rings is 1. The van der Waals surface area contributed by atoms with E-state index in [1.54, 1.807) is 25.1 Å². The number of aliphatic imine (C=N–C) groups is 1. The maximum Gasteiger partial charge on any atom is 0.227 e. The zero-order valence-electron chi connectivity index (χ0n) is 16.4. The van der Waals surface area contributed by atoms with Gasteiger partial charge < -0.3 is 25.5 Å². The molecule has 1 amide bonds. The Labute approximate surface area is 182 Å². The molecule has 2 aromatic heterocycles. The van der Waals surface area contributed by atoms with E-state index < -0.39 is 5.60 Å². The van der Waals surface area contributed by atoms with Crippen LogP contribution in [0.2, 0.25) is 0 Å². The van der Waals surface area contributed by atoms with Gasteiger partial charge in [0, 0.05) is 25.2 Å². The largest absolute Gasteiger partial charge is 0.466 e. The highest BCUT2D eigenvalue weighted by Crippen LogP contribution is 2.20. The number of aryl methyl sites for hydroxylation is 1. The van der Waals surface area contributed by atoms with Crippen LogP contribution in [-0.2, 0) is 10.4 Å². The highest BCUT2D eigenvalue weighted by Gasteiger charge is 2.26. The van der Waals surface area contributed by atoms with Gasteiger partial charge in [-0.1, -0.05) is 6.07 Å². The summed E-state index contributed by atoms with van der Waals surface area (Å²) in [6.45, 7) is 6.63. The van der Waals surface area contributed by atoms with Crippen molar-refractivity contribution < 1.29 is 14.3 Å². The predicted octanol–water partition coefficient (Wildman–Crippen LogP) is 2.39. The van der Waals surface area contributed by atoms with Gasteiger partial charge in [0.05, 0.1) is 12.8 Å². The van der Waals surface area contributed by atoms with Gasteiger partial charge in [-0.15, -0.1) is 24.0 Å². The molecular weight excluding hydrogens is 473 g/mol. The number of nitrogens with one attached hydrogen (secondary N) is 3. The average Bonchev–Trinajstić information content (AvgIpc) is 3.15. The van der Waals surface area contributed by atoms with Crippen molar-refractivity contribution in [2.24, 2.45) is 4.99 Å². The number of nitrogens with zero attached hydrogens (tertiary/aromatic N) is 2. The van der Waals surface area contributed by atoms with Crippen LogP contribution in [-0.4, -0.2) is 41.6 Å². The van der Waals surface area contributed by atoms with E-state index in [2.05, 4.69) is 25.9 Å². The number of aromatic nitrogens is 1. The van der Waals surface area contributed by atoms with E-state index in [4.69, 9.17) is 4.42 Å². The van der Waals surface area contributed by atoms with E-state index in [1.165, 1.54) is 6.26 Å². The first kappa shape index (κ1) is 23.9. The molecule has 0 fully saturated rings. The van der Waals surface area contributed by atoms with Crippen LogP contribution in [0.5, 0.6) is 0 Å². The van der Waals surface area contributed by atoms with Crippen LogP contribution in [0.1, 0.15) is 31.7 Å². The van der Waals surface area contributed by atoms with E-state index in [-0.39, 0.29) is 42.8 Å². The summed E-state index contributed by atoms with van der Waals surface area (Å²) in [5, 5.41) is 19.4. The standard InChI is InChI=1S/C19H27N5O3.HI/c1-4-20-18(22-13-19(3,26)15-8-6-12-27-15)21-11-10-17(25)24-16-9-5-7-14(2)23-16;/h5-9,12,26H,4,10-11,13H2,1-3H3,(H2,20,21,22)(H,23,24,25);1H. The Morgan fingerprint density at radius 2 is 2.07 bits per heavy atom. The molecule has 1 atom stereocenters. The average molecular weight is 501 g/mol. The zero-order chi connectivity index (χ0) is 19.7. The summed E-state index contributed by atoms with van der Waals surface area (Å²) in [4.78, 5) is 20.6. The number of carbonyl (C=O) groups excluding carboxylic acids is 1. The van der Waals surface area contributed by atoms with E-state index in [1.807, 2.05) is 26.0 Å². The first-order valence-electron chi connectivity index (χ1n) is 8.93. The Kier molecular flexibility index (Phi) is 9.94. The highest BCUT2D eigenvalue weighted by molar-refractivity contribution is 14.0. The van der Waals surface area contributed by atoms with Gasteiger partial charge in [0.2, 0.25) is 5.91 Å². The number of hydrogen-bond acceptors (Lipinski definition) is 5. The number of carbonyl (C=O) groups is 1. The maximum absolute atomic E-state index is 12.0. The van der Waals surface area contributed by atoms with E-state index >= 15 is 0 Å². The Hall–Kier alpha value is -2.14. The van der Waals surface area contributed by atoms with Crippen LogP contribution in [0, 0.1) is 6.92 Å². The van der Waals surface area contributed by atoms with Gasteiger partial charge in [0.25, 0.3) is 0 Å². The SMILES string of the molecule is CCNC(=NCC(C)(O)c1ccco1)NCCC(=O)Nc1cccc(C)n1.I. The van der Waals surface area contributed by atoms with Crippen LogP contribution in [0.4, 0.5) is 5.82 Å². The Balaban J connectivity index is 0.00000392. The molecule has 154 valence electrons. The second-order valence-electron chi connectivity index (χ2n) is 6.34. The third-order valence-electron chi connectivity index (χ3n) is 3.74. The molecular formula is C19H28IN5O3. The normalized spacial score (nSPS) is 13.2. The minimum Gasteiger partial charge on any atom is -0.466 e. The Morgan fingerprint density at radius 1 is 1.29 bits per heavy atom. The molecule has 0 aliphatic heterocycles. The van der Waals surface area contributed by atoms with Crippen molar-refractivity contribution in [2.45, 2.75) is 32.8 Å². The smallest absolute Gasteiger partial charge is 0.227 e. The molecule has 0 saturated heterocycles. The van der Waals surface area contributed by atoms with Crippen LogP contribution in [0.15, 0.2) is 46.0 Å². The van der Waals surface area contributed by atoms with Gasteiger partial charge in [-0.05, 0) is 45.0 Å². The number of aliphatic hydroxyl groups is 1. The molecule has 1 unspecified atom stereocenters. The molecule has 2 aromatic rings. The quantitative estimate of drug-likeness (QED) is 0.251. The summed E-state index contributed by atoms with van der Waals surface area (Å²) in [7, 11) is 0. The van der Waals surface area contributed by atoms with Crippen molar-refractivity contribution >= 4 is 41.7 Å². The number of halogens is 1. The van der Waals surface area contributed by atoms with Gasteiger partial charge in [-0.25, -0.2) is 9.98 Å². The molecule has 0 aromatic carbocycles. The third kappa shape index (κ3) is 7.85. The molecule has 4 N–H and O–H groups in total. The number of hydrogen-bond donors (Lipinski definition) is 4. The number of anilines is 1. The van der Waals surface area contributed by atoms with Crippen molar-refractivity contribution in [3.05, 3.63) is 48.0 Å². The maximum atomic E-state index is 12.0. The van der Waals surface area contributed by atoms with E-state index in [0.717, 1.165) is 5.69 Å². The summed E-state index contributed by atoms with van der Waals surface area (Å²) in [6.07, 6.45) is 1.77. The monoisotopic (exact) mass is 501 g/mol. The first-order chi connectivity index (χ1) is 12.9. The fraction of sp³-hybridized carbons (Fsp3) is 0.421. The molecule has 2 heterocycles. The summed E-state index contributed by atoms with van der Waals surface area (Å²) in [5.74, 6) is 1.37. The number of rotatable bonds is 8. The molecule has 8 nitrogen and oxygen atoms in total. The Bertz CT molecular complexity index is 763. The molecule has 0 bridgehead atoms. The van der Waals surface area contributed by atoms with Crippen molar-refractivity contribution in [3.63, 3.8) is 0 Å². The second-order valence-corrected chi connectivity index (χ2v) is 6.34. The molecule has 28 heavy (non-hydrogen) atoms. The van der Waals surface area contributed by atoms with Crippen molar-refractivity contribution in [2.75, 3.05) is 25.0 Å². The lowest BCUT2D eigenvalue weighted by molar-refractivity contribution is -0.116. The molecule has 0 saturated carbocycles. The summed E-state index contributed by atoms with van der Waals surface area (Å²) in [5.41, 5.74) is -0.365. The van der Waals surface area contributed by atoms with Gasteiger partial charge in [0.1, 0.15) is 17.2 Å². The molecule has 0 aliphatic rings. The van der Waals surface area contributed by atoms with Gasteiger partial charge in [-0.2, -0.15) is 0 Å². The number of amides is 1. The minimum absolute atomic E-state index is 0. The van der Waals surface area contributed by atoms with Crippen LogP contribution >= 0.6 is 24.0 Å². The Morgan fingerprint density at radius 3 is 2.71 bits per heavy atom. The van der Waals surface area contributed by atoms with Crippen molar-refractivity contribution in [3.8, 4) is 0 Å². The van der Waals surface area contributed by atoms with Crippen LogP contribution in [0.25, 0.3) is 0 Å². The lowest BCUT2D eigenvalue weighted by atomic mass is 10.0. The van der Waals surface area contributed by atoms with Crippen molar-refractivity contribution in [1.82, 2.24) is 15.6 Å². The fourth-order valence-electron chi connectivity index (χ4n) is 2.35. The van der Waals surface area contributed by atoms with Crippen molar-refractivity contribution in [1.29, 1.82) is 0 Å². The molecule has 0 aliphatic carbocycles. The highest BCUT2D eigenvalue weighted by atomic mass is 127. The minimum atomic E-state index is -1.21.